The summed E-state index contributed by atoms with van der Waals surface area (Å²) in [6.07, 6.45) is -7.89. The Balaban J connectivity index is 1.93. The van der Waals surface area contributed by atoms with Crippen molar-refractivity contribution in [2.24, 2.45) is 0 Å². The minimum absolute atomic E-state index is 0.0748. The number of methoxy groups -OCH3 is 3. The fourth-order valence-corrected chi connectivity index (χ4v) is 3.45. The van der Waals surface area contributed by atoms with Gasteiger partial charge in [0.1, 0.15) is 24.1 Å². The molecule has 1 saturated heterocycles. The summed E-state index contributed by atoms with van der Waals surface area (Å²) in [6.45, 7) is -0.687. The molecule has 6 N–H and O–H groups in total. The van der Waals surface area contributed by atoms with E-state index in [9.17, 15) is 35.4 Å². The van der Waals surface area contributed by atoms with Crippen LogP contribution in [0.3, 0.4) is 0 Å². The van der Waals surface area contributed by atoms with E-state index in [2.05, 4.69) is 0 Å². The van der Waals surface area contributed by atoms with Gasteiger partial charge in [0, 0.05) is 12.1 Å². The Hall–Kier alpha value is -3.65. The number of aliphatic hydroxyl groups excluding tert-OH is 3. The summed E-state index contributed by atoms with van der Waals surface area (Å²) < 4.78 is 32.3. The fraction of sp³-hybridized carbons (Fsp3) is 0.409. The molecule has 0 saturated carbocycles. The molecule has 1 aliphatic rings. The molecule has 0 bridgehead atoms. The highest BCUT2D eigenvalue weighted by Gasteiger charge is 2.48. The summed E-state index contributed by atoms with van der Waals surface area (Å²) >= 11 is 0. The molecule has 192 valence electrons. The Morgan fingerprint density at radius 1 is 0.914 bits per heavy atom. The van der Waals surface area contributed by atoms with Crippen molar-refractivity contribution in [2.75, 3.05) is 27.9 Å². The van der Waals surface area contributed by atoms with Gasteiger partial charge in [-0.25, -0.2) is 4.79 Å². The van der Waals surface area contributed by atoms with Gasteiger partial charge in [0.05, 0.1) is 33.5 Å². The highest BCUT2D eigenvalue weighted by molar-refractivity contribution is 5.91. The van der Waals surface area contributed by atoms with Crippen LogP contribution in [0.2, 0.25) is 0 Å². The van der Waals surface area contributed by atoms with Crippen LogP contribution in [0.5, 0.6) is 40.2 Å². The summed E-state index contributed by atoms with van der Waals surface area (Å²) in [6, 6.07) is 4.47. The van der Waals surface area contributed by atoms with Crippen molar-refractivity contribution in [1.82, 2.24) is 0 Å². The van der Waals surface area contributed by atoms with Crippen LogP contribution in [0.25, 0.3) is 0 Å². The molecule has 13 heteroatoms. The lowest BCUT2D eigenvalue weighted by Crippen LogP contribution is -2.61. The van der Waals surface area contributed by atoms with Gasteiger partial charge in [-0.1, -0.05) is 0 Å². The summed E-state index contributed by atoms with van der Waals surface area (Å²) in [5, 5.41) is 59.2. The summed E-state index contributed by atoms with van der Waals surface area (Å²) in [4.78, 5) is 12.7. The first-order valence-corrected chi connectivity index (χ1v) is 10.2. The van der Waals surface area contributed by atoms with Crippen molar-refractivity contribution >= 4 is 5.97 Å². The average Bonchev–Trinajstić information content (AvgIpc) is 2.85. The minimum Gasteiger partial charge on any atom is -0.504 e. The van der Waals surface area contributed by atoms with E-state index in [1.54, 1.807) is 0 Å². The second kappa shape index (κ2) is 10.7. The highest BCUT2D eigenvalue weighted by atomic mass is 16.7. The number of hydrogen-bond donors (Lipinski definition) is 6. The number of aliphatic hydroxyl groups is 3. The van der Waals surface area contributed by atoms with E-state index in [1.165, 1.54) is 33.5 Å². The van der Waals surface area contributed by atoms with Gasteiger partial charge in [0.15, 0.2) is 34.9 Å². The maximum Gasteiger partial charge on any atom is 0.339 e. The Morgan fingerprint density at radius 2 is 1.49 bits per heavy atom. The number of hydrogen-bond acceptors (Lipinski definition) is 13. The SMILES string of the molecule is COc1cc(OC2OC(CO)C(O)C(O)C2OC(=O)c2cc(O)c(O)c(O)c2)cc(OC)c1OC. The molecule has 0 spiro atoms. The molecule has 0 amide bonds. The summed E-state index contributed by atoms with van der Waals surface area (Å²) in [7, 11) is 4.17. The van der Waals surface area contributed by atoms with Crippen molar-refractivity contribution < 1.29 is 63.9 Å². The van der Waals surface area contributed by atoms with Crippen molar-refractivity contribution in [3.8, 4) is 40.2 Å². The Kier molecular flexibility index (Phi) is 7.96. The normalized spacial score (nSPS) is 23.9. The summed E-state index contributed by atoms with van der Waals surface area (Å²) in [5.41, 5.74) is -0.379. The number of phenols is 3. The van der Waals surface area contributed by atoms with Gasteiger partial charge in [0.25, 0.3) is 0 Å². The van der Waals surface area contributed by atoms with Gasteiger partial charge < -0.3 is 59.1 Å². The van der Waals surface area contributed by atoms with Gasteiger partial charge in [-0.15, -0.1) is 0 Å². The van der Waals surface area contributed by atoms with E-state index in [4.69, 9.17) is 28.4 Å². The molecule has 0 aromatic heterocycles. The molecule has 1 aliphatic heterocycles. The molecular formula is C22H26O13. The Labute approximate surface area is 199 Å². The molecule has 5 unspecified atom stereocenters. The zero-order valence-electron chi connectivity index (χ0n) is 18.9. The molecule has 2 aromatic rings. The number of aromatic hydroxyl groups is 3. The van der Waals surface area contributed by atoms with Crippen LogP contribution in [0.4, 0.5) is 0 Å². The quantitative estimate of drug-likeness (QED) is 0.208. The van der Waals surface area contributed by atoms with Crippen LogP contribution >= 0.6 is 0 Å². The minimum atomic E-state index is -1.77. The van der Waals surface area contributed by atoms with E-state index in [-0.39, 0.29) is 28.6 Å². The van der Waals surface area contributed by atoms with Crippen molar-refractivity contribution in [2.45, 2.75) is 30.7 Å². The van der Waals surface area contributed by atoms with Crippen LogP contribution in [-0.4, -0.2) is 95.3 Å². The monoisotopic (exact) mass is 498 g/mol. The number of phenolic OH excluding ortho intramolecular Hbond substituents is 3. The first kappa shape index (κ1) is 26.0. The predicted molar refractivity (Wildman–Crippen MR) is 115 cm³/mol. The van der Waals surface area contributed by atoms with Crippen LogP contribution in [0.1, 0.15) is 10.4 Å². The topological polar surface area (TPSA) is 194 Å². The third-order valence-electron chi connectivity index (χ3n) is 5.26. The molecule has 35 heavy (non-hydrogen) atoms. The Bertz CT molecular complexity index is 1010. The first-order chi connectivity index (χ1) is 16.6. The predicted octanol–water partition coefficient (Wildman–Crippen LogP) is -0.127. The standard InChI is InChI=1S/C22H26O13/c1-30-13-6-10(7-14(31-2)19(13)32-3)33-22-20(18(28)17(27)15(8-23)34-22)35-21(29)9-4-11(24)16(26)12(25)5-9/h4-7,15,17-18,20,22-28H,8H2,1-3H3. The van der Waals surface area contributed by atoms with Crippen LogP contribution in [0, 0.1) is 0 Å². The van der Waals surface area contributed by atoms with E-state index in [1.807, 2.05) is 0 Å². The number of benzene rings is 2. The number of carbonyl (C=O) groups is 1. The molecule has 0 aliphatic carbocycles. The molecule has 1 heterocycles. The molecule has 3 rings (SSSR count). The van der Waals surface area contributed by atoms with E-state index in [0.717, 1.165) is 12.1 Å². The third-order valence-corrected chi connectivity index (χ3v) is 5.26. The van der Waals surface area contributed by atoms with Crippen molar-refractivity contribution in [3.63, 3.8) is 0 Å². The van der Waals surface area contributed by atoms with Gasteiger partial charge in [-0.3, -0.25) is 0 Å². The number of esters is 1. The lowest BCUT2D eigenvalue weighted by atomic mass is 9.99. The molecular weight excluding hydrogens is 472 g/mol. The van der Waals surface area contributed by atoms with Gasteiger partial charge in [-0.2, -0.15) is 0 Å². The second-order valence-corrected chi connectivity index (χ2v) is 7.42. The molecule has 5 atom stereocenters. The zero-order chi connectivity index (χ0) is 25.9. The van der Waals surface area contributed by atoms with Gasteiger partial charge >= 0.3 is 5.97 Å². The zero-order valence-corrected chi connectivity index (χ0v) is 18.9. The van der Waals surface area contributed by atoms with E-state index < -0.39 is 60.5 Å². The van der Waals surface area contributed by atoms with Gasteiger partial charge in [-0.05, 0) is 12.1 Å². The smallest absolute Gasteiger partial charge is 0.339 e. The Morgan fingerprint density at radius 3 is 1.97 bits per heavy atom. The number of ether oxygens (including phenoxy) is 6. The maximum atomic E-state index is 12.7. The molecule has 13 nitrogen and oxygen atoms in total. The number of carbonyl (C=O) groups excluding carboxylic acids is 1. The molecule has 0 radical (unpaired) electrons. The van der Waals surface area contributed by atoms with E-state index in [0.29, 0.717) is 0 Å². The fourth-order valence-electron chi connectivity index (χ4n) is 3.45. The van der Waals surface area contributed by atoms with E-state index >= 15 is 0 Å². The van der Waals surface area contributed by atoms with Crippen molar-refractivity contribution in [1.29, 1.82) is 0 Å². The molecule has 2 aromatic carbocycles. The van der Waals surface area contributed by atoms with Crippen LogP contribution < -0.4 is 18.9 Å². The lowest BCUT2D eigenvalue weighted by molar-refractivity contribution is -0.276. The summed E-state index contributed by atoms with van der Waals surface area (Å²) in [5.74, 6) is -2.79. The first-order valence-electron chi connectivity index (χ1n) is 10.2. The van der Waals surface area contributed by atoms with Crippen molar-refractivity contribution in [3.05, 3.63) is 29.8 Å². The largest absolute Gasteiger partial charge is 0.504 e. The van der Waals surface area contributed by atoms with Crippen LogP contribution in [-0.2, 0) is 9.47 Å². The van der Waals surface area contributed by atoms with Gasteiger partial charge in [0.2, 0.25) is 12.0 Å². The molecule has 1 fully saturated rings. The maximum absolute atomic E-state index is 12.7. The highest BCUT2D eigenvalue weighted by Crippen LogP contribution is 2.42. The average molecular weight is 498 g/mol. The third kappa shape index (κ3) is 5.22. The lowest BCUT2D eigenvalue weighted by Gasteiger charge is -2.41. The van der Waals surface area contributed by atoms with Crippen LogP contribution in [0.15, 0.2) is 24.3 Å². The number of rotatable bonds is 8. The second-order valence-electron chi connectivity index (χ2n) is 7.42.